The Balaban J connectivity index is 2.01. The van der Waals surface area contributed by atoms with Crippen LogP contribution in [-0.4, -0.2) is 12.2 Å². The van der Waals surface area contributed by atoms with Gasteiger partial charge in [-0.3, -0.25) is 0 Å². The molecule has 0 N–H and O–H groups in total. The third-order valence-corrected chi connectivity index (χ3v) is 5.60. The predicted molar refractivity (Wildman–Crippen MR) is 104 cm³/mol. The summed E-state index contributed by atoms with van der Waals surface area (Å²) >= 11 is 0. The normalized spacial score (nSPS) is 20.8. The average molecular weight is 341 g/mol. The van der Waals surface area contributed by atoms with Gasteiger partial charge in [0.25, 0.3) is 0 Å². The number of rotatable bonds is 17. The molecule has 1 fully saturated rings. The Labute approximate surface area is 152 Å². The minimum Gasteiger partial charge on any atom is -0.236 e. The Morgan fingerprint density at radius 3 is 1.38 bits per heavy atom. The summed E-state index contributed by atoms with van der Waals surface area (Å²) in [4.78, 5) is 11.0. The fourth-order valence-corrected chi connectivity index (χ4v) is 3.88. The van der Waals surface area contributed by atoms with Crippen molar-refractivity contribution >= 4 is 0 Å². The van der Waals surface area contributed by atoms with E-state index in [1.165, 1.54) is 109 Å². The van der Waals surface area contributed by atoms with E-state index in [0.29, 0.717) is 0 Å². The van der Waals surface area contributed by atoms with Gasteiger partial charge in [-0.25, -0.2) is 9.78 Å². The van der Waals surface area contributed by atoms with E-state index in [1.54, 1.807) is 0 Å². The van der Waals surface area contributed by atoms with E-state index in [9.17, 15) is 0 Å². The topological polar surface area (TPSA) is 18.5 Å². The van der Waals surface area contributed by atoms with E-state index in [0.717, 1.165) is 13.0 Å². The molecule has 1 rings (SSSR count). The molecule has 0 bridgehead atoms. The van der Waals surface area contributed by atoms with E-state index >= 15 is 0 Å². The lowest BCUT2D eigenvalue weighted by atomic mass is 9.87. The van der Waals surface area contributed by atoms with E-state index in [4.69, 9.17) is 9.78 Å². The van der Waals surface area contributed by atoms with Crippen LogP contribution < -0.4 is 0 Å². The molecular formula is C22H44O2. The molecule has 2 nitrogen and oxygen atoms in total. The first-order valence-corrected chi connectivity index (χ1v) is 11.1. The molecule has 1 aliphatic rings. The molecule has 0 amide bonds. The highest BCUT2D eigenvalue weighted by atomic mass is 17.2. The molecule has 2 heteroatoms. The van der Waals surface area contributed by atoms with Crippen molar-refractivity contribution in [1.29, 1.82) is 0 Å². The van der Waals surface area contributed by atoms with E-state index in [-0.39, 0.29) is 5.60 Å². The van der Waals surface area contributed by atoms with Gasteiger partial charge in [0.1, 0.15) is 5.60 Å². The predicted octanol–water partition coefficient (Wildman–Crippen LogP) is 7.75. The van der Waals surface area contributed by atoms with Crippen molar-refractivity contribution < 1.29 is 9.78 Å². The van der Waals surface area contributed by atoms with Gasteiger partial charge in [0.05, 0.1) is 6.61 Å². The highest BCUT2D eigenvalue weighted by Gasteiger charge is 2.35. The molecule has 0 aromatic rings. The van der Waals surface area contributed by atoms with Crippen LogP contribution in [0.1, 0.15) is 129 Å². The van der Waals surface area contributed by atoms with Gasteiger partial charge in [0.2, 0.25) is 0 Å². The fraction of sp³-hybridized carbons (Fsp3) is 1.00. The van der Waals surface area contributed by atoms with Gasteiger partial charge in [-0.1, -0.05) is 110 Å². The highest BCUT2D eigenvalue weighted by Crippen LogP contribution is 2.34. The first-order chi connectivity index (χ1) is 11.8. The quantitative estimate of drug-likeness (QED) is 0.199. The van der Waals surface area contributed by atoms with Gasteiger partial charge in [-0.05, 0) is 12.8 Å². The molecule has 0 aromatic carbocycles. The lowest BCUT2D eigenvalue weighted by molar-refractivity contribution is -0.312. The second-order valence-electron chi connectivity index (χ2n) is 7.93. The van der Waals surface area contributed by atoms with Gasteiger partial charge < -0.3 is 0 Å². The molecule has 24 heavy (non-hydrogen) atoms. The number of hydrogen-bond acceptors (Lipinski definition) is 2. The summed E-state index contributed by atoms with van der Waals surface area (Å²) in [7, 11) is 0. The van der Waals surface area contributed by atoms with Crippen LogP contribution in [0.5, 0.6) is 0 Å². The minimum absolute atomic E-state index is 0.0614. The summed E-state index contributed by atoms with van der Waals surface area (Å²) in [6.07, 6.45) is 24.3. The Morgan fingerprint density at radius 2 is 1.00 bits per heavy atom. The standard InChI is InChI=1S/C22H44O2/c1-3-5-7-9-11-12-13-15-17-19-22(20-21-23-24-22)18-16-14-10-8-6-4-2/h3-21H2,1-2H3. The molecular weight excluding hydrogens is 296 g/mol. The third kappa shape index (κ3) is 10.7. The van der Waals surface area contributed by atoms with Gasteiger partial charge in [-0.2, -0.15) is 0 Å². The summed E-state index contributed by atoms with van der Waals surface area (Å²) in [5.41, 5.74) is 0.0614. The van der Waals surface area contributed by atoms with Crippen LogP contribution in [0.3, 0.4) is 0 Å². The molecule has 0 aromatic heterocycles. The summed E-state index contributed by atoms with van der Waals surface area (Å²) in [5, 5.41) is 0. The van der Waals surface area contributed by atoms with Crippen LogP contribution in [-0.2, 0) is 9.78 Å². The summed E-state index contributed by atoms with van der Waals surface area (Å²) in [6.45, 7) is 5.37. The van der Waals surface area contributed by atoms with Crippen molar-refractivity contribution in [3.63, 3.8) is 0 Å². The zero-order chi connectivity index (χ0) is 17.3. The Bertz CT molecular complexity index is 259. The van der Waals surface area contributed by atoms with Gasteiger partial charge >= 0.3 is 0 Å². The van der Waals surface area contributed by atoms with Crippen LogP contribution in [0.2, 0.25) is 0 Å². The maximum Gasteiger partial charge on any atom is 0.106 e. The molecule has 0 radical (unpaired) electrons. The summed E-state index contributed by atoms with van der Waals surface area (Å²) < 4.78 is 0. The average Bonchev–Trinajstić information content (AvgIpc) is 3.06. The zero-order valence-corrected chi connectivity index (χ0v) is 16.8. The van der Waals surface area contributed by atoms with Crippen molar-refractivity contribution in [1.82, 2.24) is 0 Å². The molecule has 1 saturated heterocycles. The maximum atomic E-state index is 5.74. The van der Waals surface area contributed by atoms with Crippen LogP contribution in [0.25, 0.3) is 0 Å². The monoisotopic (exact) mass is 340 g/mol. The van der Waals surface area contributed by atoms with Gasteiger partial charge in [0.15, 0.2) is 0 Å². The minimum atomic E-state index is 0.0614. The Hall–Kier alpha value is -0.0800. The molecule has 1 atom stereocenters. The Morgan fingerprint density at radius 1 is 0.583 bits per heavy atom. The van der Waals surface area contributed by atoms with Crippen LogP contribution in [0.4, 0.5) is 0 Å². The fourth-order valence-electron chi connectivity index (χ4n) is 3.88. The lowest BCUT2D eigenvalue weighted by Gasteiger charge is -2.25. The van der Waals surface area contributed by atoms with Crippen molar-refractivity contribution in [3.05, 3.63) is 0 Å². The second-order valence-corrected chi connectivity index (χ2v) is 7.93. The third-order valence-electron chi connectivity index (χ3n) is 5.60. The maximum absolute atomic E-state index is 5.74. The van der Waals surface area contributed by atoms with Crippen LogP contribution in [0.15, 0.2) is 0 Å². The zero-order valence-electron chi connectivity index (χ0n) is 16.8. The van der Waals surface area contributed by atoms with Crippen molar-refractivity contribution in [2.24, 2.45) is 0 Å². The number of hydrogen-bond donors (Lipinski definition) is 0. The van der Waals surface area contributed by atoms with E-state index < -0.39 is 0 Å². The van der Waals surface area contributed by atoms with E-state index in [1.807, 2.05) is 0 Å². The summed E-state index contributed by atoms with van der Waals surface area (Å²) in [6, 6.07) is 0. The van der Waals surface area contributed by atoms with Gasteiger partial charge in [-0.15, -0.1) is 0 Å². The first-order valence-electron chi connectivity index (χ1n) is 11.1. The van der Waals surface area contributed by atoms with E-state index in [2.05, 4.69) is 13.8 Å². The smallest absolute Gasteiger partial charge is 0.106 e. The number of unbranched alkanes of at least 4 members (excludes halogenated alkanes) is 13. The van der Waals surface area contributed by atoms with Crippen molar-refractivity contribution in [2.45, 2.75) is 135 Å². The van der Waals surface area contributed by atoms with Gasteiger partial charge in [0, 0.05) is 6.42 Å². The molecule has 1 aliphatic heterocycles. The molecule has 0 spiro atoms. The molecule has 0 saturated carbocycles. The SMILES string of the molecule is CCCCCCCCCCCC1(CCCCCCCC)CCOO1. The summed E-state index contributed by atoms with van der Waals surface area (Å²) in [5.74, 6) is 0. The lowest BCUT2D eigenvalue weighted by Crippen LogP contribution is -2.27. The highest BCUT2D eigenvalue weighted by molar-refractivity contribution is 4.82. The largest absolute Gasteiger partial charge is 0.236 e. The van der Waals surface area contributed by atoms with Crippen molar-refractivity contribution in [2.75, 3.05) is 6.61 Å². The second kappa shape index (κ2) is 15.2. The van der Waals surface area contributed by atoms with Crippen LogP contribution in [0, 0.1) is 0 Å². The molecule has 1 unspecified atom stereocenters. The molecule has 1 heterocycles. The molecule has 144 valence electrons. The van der Waals surface area contributed by atoms with Crippen molar-refractivity contribution in [3.8, 4) is 0 Å². The molecule has 0 aliphatic carbocycles. The first kappa shape index (κ1) is 22.0. The van der Waals surface area contributed by atoms with Crippen LogP contribution >= 0.6 is 0 Å². The Kier molecular flexibility index (Phi) is 13.9.